The largest absolute Gasteiger partial charge is 0.393 e. The van der Waals surface area contributed by atoms with Crippen molar-refractivity contribution in [3.63, 3.8) is 0 Å². The molecule has 0 amide bonds. The highest BCUT2D eigenvalue weighted by atomic mass is 16.7. The zero-order valence-corrected chi connectivity index (χ0v) is 14.2. The van der Waals surface area contributed by atoms with Crippen molar-refractivity contribution in [1.29, 1.82) is 0 Å². The molecule has 1 aliphatic carbocycles. The Hall–Kier alpha value is -2.34. The summed E-state index contributed by atoms with van der Waals surface area (Å²) >= 11 is 0. The molecule has 0 aromatic carbocycles. The normalized spacial score (nSPS) is 37.6. The lowest BCUT2D eigenvalue weighted by Gasteiger charge is -2.62. The van der Waals surface area contributed by atoms with Crippen LogP contribution in [-0.2, 0) is 9.47 Å². The van der Waals surface area contributed by atoms with E-state index in [9.17, 15) is 15.0 Å². The number of ether oxygens (including phenoxy) is 2. The monoisotopic (exact) mass is 362 g/mol. The number of H-pyrrole nitrogens is 1. The van der Waals surface area contributed by atoms with Gasteiger partial charge in [0.15, 0.2) is 23.2 Å². The Morgan fingerprint density at radius 1 is 1.54 bits per heavy atom. The third kappa shape index (κ3) is 1.85. The number of hydrogen-bond donors (Lipinski definition) is 3. The van der Waals surface area contributed by atoms with Gasteiger partial charge in [0.05, 0.1) is 25.2 Å². The molecule has 0 spiro atoms. The van der Waals surface area contributed by atoms with Gasteiger partial charge >= 0.3 is 0 Å². The first kappa shape index (κ1) is 15.9. The van der Waals surface area contributed by atoms with Gasteiger partial charge in [-0.25, -0.2) is 9.98 Å². The van der Waals surface area contributed by atoms with Crippen molar-refractivity contribution in [1.82, 2.24) is 24.4 Å². The van der Waals surface area contributed by atoms with E-state index in [1.807, 2.05) is 0 Å². The minimum atomic E-state index is -1.23. The van der Waals surface area contributed by atoms with Crippen molar-refractivity contribution in [3.8, 4) is 0 Å². The number of imidazole rings is 1. The van der Waals surface area contributed by atoms with Crippen LogP contribution in [0.1, 0.15) is 12.6 Å². The summed E-state index contributed by atoms with van der Waals surface area (Å²) in [6.07, 6.45) is 2.11. The average molecular weight is 362 g/mol. The smallest absolute Gasteiger partial charge is 0.280 e. The van der Waals surface area contributed by atoms with Crippen molar-refractivity contribution in [2.45, 2.75) is 30.1 Å². The second kappa shape index (κ2) is 4.88. The Morgan fingerprint density at radius 2 is 2.35 bits per heavy atom. The lowest BCUT2D eigenvalue weighted by Crippen LogP contribution is -2.77. The van der Waals surface area contributed by atoms with Gasteiger partial charge in [-0.1, -0.05) is 0 Å². The number of aromatic nitrogens is 4. The van der Waals surface area contributed by atoms with Crippen LogP contribution in [0.25, 0.3) is 11.2 Å². The molecule has 11 nitrogen and oxygen atoms in total. The third-order valence-corrected chi connectivity index (χ3v) is 5.28. The van der Waals surface area contributed by atoms with Crippen molar-refractivity contribution < 1.29 is 19.7 Å². The lowest BCUT2D eigenvalue weighted by molar-refractivity contribution is -0.434. The number of nitrogens with one attached hydrogen (secondary N) is 1. The van der Waals surface area contributed by atoms with E-state index in [0.717, 1.165) is 0 Å². The van der Waals surface area contributed by atoms with E-state index < -0.39 is 29.3 Å². The van der Waals surface area contributed by atoms with E-state index >= 15 is 0 Å². The summed E-state index contributed by atoms with van der Waals surface area (Å²) in [5.41, 5.74) is -0.780. The zero-order chi connectivity index (χ0) is 18.3. The zero-order valence-electron chi connectivity index (χ0n) is 14.2. The minimum Gasteiger partial charge on any atom is -0.393 e. The quantitative estimate of drug-likeness (QED) is 0.451. The van der Waals surface area contributed by atoms with Gasteiger partial charge in [0.25, 0.3) is 5.56 Å². The van der Waals surface area contributed by atoms with Crippen LogP contribution < -0.4 is 5.56 Å². The third-order valence-electron chi connectivity index (χ3n) is 5.28. The van der Waals surface area contributed by atoms with E-state index in [2.05, 4.69) is 19.9 Å². The van der Waals surface area contributed by atoms with Crippen LogP contribution in [0.2, 0.25) is 0 Å². The second-order valence-corrected chi connectivity index (χ2v) is 7.23. The van der Waals surface area contributed by atoms with Crippen LogP contribution in [-0.4, -0.2) is 79.2 Å². The number of aliphatic imine (C=N–C) groups is 1. The highest BCUT2D eigenvalue weighted by Crippen LogP contribution is 2.68. The van der Waals surface area contributed by atoms with Crippen LogP contribution in [0.5, 0.6) is 0 Å². The Labute approximate surface area is 146 Å². The highest BCUT2D eigenvalue weighted by Gasteiger charge is 2.81. The van der Waals surface area contributed by atoms with Crippen molar-refractivity contribution in [2.24, 2.45) is 10.9 Å². The number of aliphatic hydroxyl groups is 2. The molecule has 5 atom stereocenters. The molecule has 2 saturated heterocycles. The van der Waals surface area contributed by atoms with Crippen LogP contribution in [0.3, 0.4) is 0 Å². The summed E-state index contributed by atoms with van der Waals surface area (Å²) < 4.78 is 13.2. The van der Waals surface area contributed by atoms with Crippen molar-refractivity contribution in [2.75, 3.05) is 20.7 Å². The molecule has 3 fully saturated rings. The second-order valence-electron chi connectivity index (χ2n) is 7.23. The van der Waals surface area contributed by atoms with Crippen LogP contribution in [0.15, 0.2) is 16.1 Å². The van der Waals surface area contributed by atoms with Crippen molar-refractivity contribution in [3.05, 3.63) is 16.7 Å². The Morgan fingerprint density at radius 3 is 3.00 bits per heavy atom. The van der Waals surface area contributed by atoms with Gasteiger partial charge in [0, 0.05) is 20.5 Å². The number of rotatable bonds is 4. The summed E-state index contributed by atoms with van der Waals surface area (Å²) in [5, 5.41) is 20.0. The molecule has 3 N–H and O–H groups in total. The molecule has 1 saturated carbocycles. The first-order valence-corrected chi connectivity index (χ1v) is 8.23. The average Bonchev–Trinajstić information content (AvgIpc) is 3.04. The lowest BCUT2D eigenvalue weighted by atomic mass is 9.59. The first-order valence-electron chi connectivity index (χ1n) is 8.23. The highest BCUT2D eigenvalue weighted by molar-refractivity contribution is 5.71. The fourth-order valence-corrected chi connectivity index (χ4v) is 4.21. The summed E-state index contributed by atoms with van der Waals surface area (Å²) in [4.78, 5) is 29.1. The maximum atomic E-state index is 12.3. The Kier molecular flexibility index (Phi) is 2.98. The molecule has 2 aliphatic heterocycles. The molecule has 3 unspecified atom stereocenters. The predicted molar refractivity (Wildman–Crippen MR) is 87.9 cm³/mol. The fraction of sp³-hybridized carbons (Fsp3) is 0.600. The van der Waals surface area contributed by atoms with Crippen LogP contribution >= 0.6 is 0 Å². The van der Waals surface area contributed by atoms with Gasteiger partial charge in [-0.3, -0.25) is 14.3 Å². The van der Waals surface area contributed by atoms with E-state index in [4.69, 9.17) is 9.47 Å². The standard InChI is InChI=1S/C15H18N6O5/c1-20(2)5-17-13-18-10-7(11(23)19-13)16-6-21(10)12-8-9-14(4-22,26-12)3-15(9,24)25-8/h5-6,8-9,12,22,24H,3-4H2,1-2H3,(H,18,19,23)/b17-5-/t8?,9?,12-,14-,15?/m1/s1. The van der Waals surface area contributed by atoms with Crippen LogP contribution in [0.4, 0.5) is 5.95 Å². The molecule has 2 aromatic heterocycles. The van der Waals surface area contributed by atoms with Gasteiger partial charge in [-0.05, 0) is 0 Å². The molecule has 4 heterocycles. The summed E-state index contributed by atoms with van der Waals surface area (Å²) in [7, 11) is 3.60. The van der Waals surface area contributed by atoms with Gasteiger partial charge in [0.1, 0.15) is 11.7 Å². The summed E-state index contributed by atoms with van der Waals surface area (Å²) in [6, 6.07) is 0. The molecule has 26 heavy (non-hydrogen) atoms. The van der Waals surface area contributed by atoms with Gasteiger partial charge in [-0.2, -0.15) is 4.98 Å². The molecule has 2 aromatic rings. The molecule has 11 heteroatoms. The Balaban J connectivity index is 1.57. The summed E-state index contributed by atoms with van der Waals surface area (Å²) in [6.45, 7) is -0.213. The van der Waals surface area contributed by atoms with E-state index in [1.165, 1.54) is 12.7 Å². The Bertz CT molecular complexity index is 985. The predicted octanol–water partition coefficient (Wildman–Crippen LogP) is -1.29. The van der Waals surface area contributed by atoms with E-state index in [1.54, 1.807) is 23.6 Å². The van der Waals surface area contributed by atoms with Gasteiger partial charge in [0.2, 0.25) is 5.95 Å². The number of aliphatic hydroxyl groups excluding tert-OH is 1. The fourth-order valence-electron chi connectivity index (χ4n) is 4.21. The maximum absolute atomic E-state index is 12.3. The van der Waals surface area contributed by atoms with Gasteiger partial charge in [-0.15, -0.1) is 0 Å². The van der Waals surface area contributed by atoms with Crippen molar-refractivity contribution >= 4 is 23.5 Å². The number of fused-ring (bicyclic) bond motifs is 1. The molecule has 0 bridgehead atoms. The molecular formula is C15H18N6O5. The number of aromatic amines is 1. The SMILES string of the molecule is CN(C)/C=N\c1nc2c(ncn2[C@@H]2O[C@@]3(CO)CC4(O)OC2C43)c(=O)[nH]1. The molecule has 3 aliphatic rings. The minimum absolute atomic E-state index is 0.141. The molecule has 138 valence electrons. The number of hydrogen-bond acceptors (Lipinski definition) is 8. The molecule has 0 radical (unpaired) electrons. The summed E-state index contributed by atoms with van der Waals surface area (Å²) in [5.74, 6) is -1.40. The molecular weight excluding hydrogens is 344 g/mol. The number of nitrogens with zero attached hydrogens (tertiary/aromatic N) is 5. The topological polar surface area (TPSA) is 138 Å². The van der Waals surface area contributed by atoms with Crippen LogP contribution in [0, 0.1) is 5.92 Å². The van der Waals surface area contributed by atoms with E-state index in [-0.39, 0.29) is 30.4 Å². The van der Waals surface area contributed by atoms with E-state index in [0.29, 0.717) is 5.65 Å². The molecule has 5 rings (SSSR count). The van der Waals surface area contributed by atoms with Gasteiger partial charge < -0.3 is 24.6 Å². The maximum Gasteiger partial charge on any atom is 0.280 e. The first-order chi connectivity index (χ1) is 12.4.